The maximum Gasteiger partial charge on any atom is 0.184 e. The van der Waals surface area contributed by atoms with Crippen molar-refractivity contribution >= 4 is 0 Å². The highest BCUT2D eigenvalue weighted by Gasteiger charge is 2.68. The summed E-state index contributed by atoms with van der Waals surface area (Å²) in [5.74, 6) is 1.43. The normalized spacial score (nSPS) is 46.1. The number of allylic oxidation sites excluding steroid dienone is 3. The van der Waals surface area contributed by atoms with Crippen LogP contribution in [0.5, 0.6) is 0 Å². The molecule has 7 rings (SSSR count). The highest BCUT2D eigenvalue weighted by molar-refractivity contribution is 5.32. The summed E-state index contributed by atoms with van der Waals surface area (Å²) < 4.78 is 37.0. The van der Waals surface area contributed by atoms with E-state index in [1.807, 2.05) is 0 Å². The van der Waals surface area contributed by atoms with Gasteiger partial charge in [0.25, 0.3) is 0 Å². The first-order chi connectivity index (χ1) is 29.7. The van der Waals surface area contributed by atoms with E-state index in [1.54, 1.807) is 13.8 Å². The molecule has 13 nitrogen and oxygen atoms in total. The zero-order valence-electron chi connectivity index (χ0n) is 39.0. The van der Waals surface area contributed by atoms with Crippen molar-refractivity contribution in [2.75, 3.05) is 19.8 Å². The van der Waals surface area contributed by atoms with E-state index >= 15 is 0 Å². The van der Waals surface area contributed by atoms with Gasteiger partial charge in [0.2, 0.25) is 0 Å². The van der Waals surface area contributed by atoms with Crippen LogP contribution in [0.2, 0.25) is 0 Å². The summed E-state index contributed by atoms with van der Waals surface area (Å²) in [6, 6.07) is 0. The number of aliphatic hydroxyl groups excluding tert-OH is 6. The van der Waals surface area contributed by atoms with Crippen molar-refractivity contribution in [1.82, 2.24) is 0 Å². The fourth-order valence-corrected chi connectivity index (χ4v) is 14.2. The second-order valence-corrected chi connectivity index (χ2v) is 22.2. The summed E-state index contributed by atoms with van der Waals surface area (Å²) in [5.41, 5.74) is 0.138. The van der Waals surface area contributed by atoms with Crippen LogP contribution in [0.4, 0.5) is 0 Å². The van der Waals surface area contributed by atoms with Crippen LogP contribution in [-0.2, 0) is 28.4 Å². The van der Waals surface area contributed by atoms with Gasteiger partial charge < -0.3 is 64.2 Å². The van der Waals surface area contributed by atoms with Crippen molar-refractivity contribution in [1.29, 1.82) is 0 Å². The first kappa shape index (κ1) is 49.6. The van der Waals surface area contributed by atoms with E-state index in [0.29, 0.717) is 43.4 Å². The molecule has 7 aliphatic rings. The summed E-state index contributed by atoms with van der Waals surface area (Å²) in [6.45, 7) is 21.7. The Morgan fingerprint density at radius 3 is 2.19 bits per heavy atom. The van der Waals surface area contributed by atoms with Gasteiger partial charge in [-0.1, -0.05) is 51.5 Å². The third-order valence-corrected chi connectivity index (χ3v) is 17.8. The molecule has 3 saturated heterocycles. The van der Waals surface area contributed by atoms with Crippen LogP contribution in [0, 0.1) is 45.3 Å². The number of ether oxygens (including phenoxy) is 6. The maximum atomic E-state index is 11.5. The molecule has 3 saturated carbocycles. The molecule has 4 aliphatic carbocycles. The zero-order valence-corrected chi connectivity index (χ0v) is 39.0. The standard InChI is InChI=1S/C50H82O13/c1-9-29(11-15-42(47(5,6)57)63-44-24-31(54)22-33(60-44)28-58-45-38(56)25-37(55)39(27-52)61-45)34-17-18-50(10-2)40-14-12-35-36(48(40,7)19-20-49(34,50)8)13-16-41(46(35,3)4)62-43-23-30(53)21-32(26-51)59-43/h9-10,12,29-34,36-45,51-57H,1-2,11,13-28H2,3-8H3/t29-,30+,31+,32+,33+,34?,36?,37+,38-,39-,40?,41+,42-,43+,44+,45-,48+,49-,50+/m1/s1. The Morgan fingerprint density at radius 2 is 1.52 bits per heavy atom. The van der Waals surface area contributed by atoms with E-state index in [0.717, 1.165) is 51.4 Å². The molecule has 360 valence electrons. The Balaban J connectivity index is 1.01. The molecule has 0 aromatic rings. The second-order valence-electron chi connectivity index (χ2n) is 22.2. The van der Waals surface area contributed by atoms with Crippen LogP contribution in [0.15, 0.2) is 37.0 Å². The summed E-state index contributed by atoms with van der Waals surface area (Å²) in [7, 11) is 0. The van der Waals surface area contributed by atoms with Crippen molar-refractivity contribution < 1.29 is 64.2 Å². The monoisotopic (exact) mass is 891 g/mol. The average Bonchev–Trinajstić information content (AvgIpc) is 3.53. The number of hydrogen-bond donors (Lipinski definition) is 7. The number of rotatable bonds is 16. The molecule has 19 atom stereocenters. The molecule has 0 radical (unpaired) electrons. The average molecular weight is 891 g/mol. The maximum absolute atomic E-state index is 11.5. The van der Waals surface area contributed by atoms with Gasteiger partial charge in [0.1, 0.15) is 12.2 Å². The highest BCUT2D eigenvalue weighted by Crippen LogP contribution is 2.75. The van der Waals surface area contributed by atoms with Gasteiger partial charge in [-0.25, -0.2) is 0 Å². The minimum atomic E-state index is -1.20. The van der Waals surface area contributed by atoms with Gasteiger partial charge in [-0.15, -0.1) is 13.2 Å². The molecule has 0 bridgehead atoms. The zero-order chi connectivity index (χ0) is 45.7. The lowest BCUT2D eigenvalue weighted by atomic mass is 9.38. The van der Waals surface area contributed by atoms with Gasteiger partial charge in [0.05, 0.1) is 68.1 Å². The third kappa shape index (κ3) is 9.59. The Morgan fingerprint density at radius 1 is 0.825 bits per heavy atom. The molecule has 13 heteroatoms. The van der Waals surface area contributed by atoms with Gasteiger partial charge in [0, 0.05) is 37.5 Å². The fourth-order valence-electron chi connectivity index (χ4n) is 14.2. The van der Waals surface area contributed by atoms with E-state index < -0.39 is 79.9 Å². The Bertz CT molecular complexity index is 1600. The van der Waals surface area contributed by atoms with E-state index in [2.05, 4.69) is 59.1 Å². The van der Waals surface area contributed by atoms with Gasteiger partial charge >= 0.3 is 0 Å². The molecule has 7 N–H and O–H groups in total. The molecule has 3 heterocycles. The van der Waals surface area contributed by atoms with Crippen LogP contribution in [-0.4, -0.2) is 135 Å². The number of hydrogen-bond acceptors (Lipinski definition) is 13. The molecule has 63 heavy (non-hydrogen) atoms. The van der Waals surface area contributed by atoms with Crippen molar-refractivity contribution in [2.24, 2.45) is 45.3 Å². The lowest BCUT2D eigenvalue weighted by molar-refractivity contribution is -0.296. The fraction of sp³-hybridized carbons (Fsp3) is 0.880. The van der Waals surface area contributed by atoms with E-state index in [-0.39, 0.29) is 59.7 Å². The summed E-state index contributed by atoms with van der Waals surface area (Å²) >= 11 is 0. The minimum absolute atomic E-state index is 0.00116. The number of aliphatic hydroxyl groups is 7. The van der Waals surface area contributed by atoms with Crippen molar-refractivity contribution in [3.8, 4) is 0 Å². The van der Waals surface area contributed by atoms with E-state index in [9.17, 15) is 35.7 Å². The third-order valence-electron chi connectivity index (χ3n) is 17.8. The van der Waals surface area contributed by atoms with Crippen LogP contribution in [0.25, 0.3) is 0 Å². The smallest absolute Gasteiger partial charge is 0.184 e. The van der Waals surface area contributed by atoms with Crippen molar-refractivity contribution in [3.63, 3.8) is 0 Å². The minimum Gasteiger partial charge on any atom is -0.394 e. The van der Waals surface area contributed by atoms with Crippen LogP contribution in [0.1, 0.15) is 131 Å². The SMILES string of the molecule is C=C[C@H](CC[C@@H](O[C@H]1C[C@@H](O)C[C@@H](CO[C@@H]2O[C@H](CO)[C@@H](O)C[C@H]2O)O1)C(C)(C)O)C1CC[C@@]2(C=C)C3CC=C4C(CC[C@H](O[C@H]5C[C@@H](O)C[C@@H](CO)O5)C4(C)C)[C@]3(C)CC[C@]12C. The summed E-state index contributed by atoms with van der Waals surface area (Å²) in [5, 5.41) is 72.7. The van der Waals surface area contributed by atoms with Crippen LogP contribution in [0.3, 0.4) is 0 Å². The van der Waals surface area contributed by atoms with Crippen molar-refractivity contribution in [2.45, 2.75) is 211 Å². The van der Waals surface area contributed by atoms with E-state index in [4.69, 9.17) is 28.4 Å². The van der Waals surface area contributed by atoms with Gasteiger partial charge in [-0.3, -0.25) is 0 Å². The largest absolute Gasteiger partial charge is 0.394 e. The Labute approximate surface area is 376 Å². The molecule has 0 aromatic carbocycles. The van der Waals surface area contributed by atoms with Crippen LogP contribution < -0.4 is 0 Å². The summed E-state index contributed by atoms with van der Waals surface area (Å²) in [4.78, 5) is 0. The molecule has 0 aromatic heterocycles. The summed E-state index contributed by atoms with van der Waals surface area (Å²) in [6.07, 6.45) is 8.88. The predicted octanol–water partition coefficient (Wildman–Crippen LogP) is 5.45. The first-order valence-corrected chi connectivity index (χ1v) is 24.2. The quantitative estimate of drug-likeness (QED) is 0.0968. The predicted molar refractivity (Wildman–Crippen MR) is 236 cm³/mol. The van der Waals surface area contributed by atoms with Gasteiger partial charge in [0.15, 0.2) is 18.9 Å². The van der Waals surface area contributed by atoms with Crippen LogP contribution >= 0.6 is 0 Å². The molecule has 0 amide bonds. The van der Waals surface area contributed by atoms with Gasteiger partial charge in [-0.2, -0.15) is 0 Å². The molecular weight excluding hydrogens is 809 g/mol. The Kier molecular flexibility index (Phi) is 15.2. The van der Waals surface area contributed by atoms with E-state index in [1.165, 1.54) is 5.57 Å². The second kappa shape index (κ2) is 19.4. The topological polar surface area (TPSA) is 197 Å². The molecule has 3 aliphatic heterocycles. The molecule has 6 fully saturated rings. The first-order valence-electron chi connectivity index (χ1n) is 24.2. The lowest BCUT2D eigenvalue weighted by Crippen LogP contribution is -2.59. The van der Waals surface area contributed by atoms with Crippen molar-refractivity contribution in [3.05, 3.63) is 37.0 Å². The molecule has 0 spiro atoms. The Hall–Kier alpha value is -1.30. The molecule has 3 unspecified atom stereocenters. The highest BCUT2D eigenvalue weighted by atomic mass is 16.7. The lowest BCUT2D eigenvalue weighted by Gasteiger charge is -2.66. The number of fused-ring (bicyclic) bond motifs is 5. The van der Waals surface area contributed by atoms with Gasteiger partial charge in [-0.05, 0) is 112 Å². The molecular formula is C50H82O13.